The zero-order valence-electron chi connectivity index (χ0n) is 33.0. The number of ether oxygens (including phenoxy) is 1. The molecule has 0 aromatic rings. The number of rotatable bonds is 40. The number of allylic oxidation sites excluding steroid dienone is 4. The van der Waals surface area contributed by atoms with Crippen LogP contribution >= 0.6 is 0 Å². The molecule has 0 saturated heterocycles. The van der Waals surface area contributed by atoms with E-state index in [2.05, 4.69) is 38.2 Å². The lowest BCUT2D eigenvalue weighted by Gasteiger charge is -2.18. The maximum atomic E-state index is 12.7. The SMILES string of the molecule is CCCCCCC/C=C\C/C=C\CCCCCC(CCCCCCCC(=O)O)OC(=O)CCCCCCCCCCCCCCCCCC. The lowest BCUT2D eigenvalue weighted by Crippen LogP contribution is -2.18. The third-order valence-electron chi connectivity index (χ3n) is 9.93. The van der Waals surface area contributed by atoms with Crippen molar-refractivity contribution in [1.82, 2.24) is 0 Å². The summed E-state index contributed by atoms with van der Waals surface area (Å²) in [5, 5.41) is 8.84. The van der Waals surface area contributed by atoms with E-state index in [-0.39, 0.29) is 18.5 Å². The fourth-order valence-electron chi connectivity index (χ4n) is 6.69. The Morgan fingerprint density at radius 1 is 0.449 bits per heavy atom. The summed E-state index contributed by atoms with van der Waals surface area (Å²) in [4.78, 5) is 23.4. The van der Waals surface area contributed by atoms with E-state index in [1.165, 1.54) is 141 Å². The van der Waals surface area contributed by atoms with Gasteiger partial charge in [0, 0.05) is 12.8 Å². The second-order valence-electron chi connectivity index (χ2n) is 14.9. The molecular formula is C45H84O4. The van der Waals surface area contributed by atoms with Crippen molar-refractivity contribution in [3.8, 4) is 0 Å². The third-order valence-corrected chi connectivity index (χ3v) is 9.93. The van der Waals surface area contributed by atoms with Gasteiger partial charge in [-0.05, 0) is 70.6 Å². The van der Waals surface area contributed by atoms with Crippen molar-refractivity contribution in [2.24, 2.45) is 0 Å². The molecule has 49 heavy (non-hydrogen) atoms. The predicted molar refractivity (Wildman–Crippen MR) is 213 cm³/mol. The molecule has 0 radical (unpaired) electrons. The van der Waals surface area contributed by atoms with Crippen LogP contribution in [0, 0.1) is 0 Å². The summed E-state index contributed by atoms with van der Waals surface area (Å²) in [5.41, 5.74) is 0. The molecular weight excluding hydrogens is 604 g/mol. The van der Waals surface area contributed by atoms with Crippen LogP contribution in [-0.4, -0.2) is 23.1 Å². The summed E-state index contributed by atoms with van der Waals surface area (Å²) >= 11 is 0. The zero-order chi connectivity index (χ0) is 35.7. The van der Waals surface area contributed by atoms with Crippen LogP contribution in [-0.2, 0) is 14.3 Å². The van der Waals surface area contributed by atoms with E-state index in [0.29, 0.717) is 6.42 Å². The van der Waals surface area contributed by atoms with Crippen molar-refractivity contribution in [3.05, 3.63) is 24.3 Å². The van der Waals surface area contributed by atoms with Crippen LogP contribution < -0.4 is 0 Å². The Morgan fingerprint density at radius 2 is 0.796 bits per heavy atom. The van der Waals surface area contributed by atoms with Crippen molar-refractivity contribution in [3.63, 3.8) is 0 Å². The first-order valence-corrected chi connectivity index (χ1v) is 21.8. The molecule has 4 nitrogen and oxygen atoms in total. The second-order valence-corrected chi connectivity index (χ2v) is 14.9. The van der Waals surface area contributed by atoms with Crippen LogP contribution in [0.15, 0.2) is 24.3 Å². The average Bonchev–Trinajstić information content (AvgIpc) is 3.09. The van der Waals surface area contributed by atoms with Gasteiger partial charge in [0.2, 0.25) is 0 Å². The number of carbonyl (C=O) groups excluding carboxylic acids is 1. The van der Waals surface area contributed by atoms with Crippen molar-refractivity contribution in [2.45, 2.75) is 251 Å². The highest BCUT2D eigenvalue weighted by Gasteiger charge is 2.14. The van der Waals surface area contributed by atoms with Gasteiger partial charge in [-0.1, -0.05) is 186 Å². The Labute approximate surface area is 306 Å². The molecule has 1 N–H and O–H groups in total. The highest BCUT2D eigenvalue weighted by molar-refractivity contribution is 5.69. The molecule has 1 atom stereocenters. The molecule has 0 aromatic carbocycles. The van der Waals surface area contributed by atoms with Crippen molar-refractivity contribution < 1.29 is 19.4 Å². The fraction of sp³-hybridized carbons (Fsp3) is 0.867. The molecule has 0 aliphatic heterocycles. The largest absolute Gasteiger partial charge is 0.481 e. The number of carboxylic acid groups (broad SMARTS) is 1. The van der Waals surface area contributed by atoms with Gasteiger partial charge in [0.25, 0.3) is 0 Å². The summed E-state index contributed by atoms with van der Waals surface area (Å²) in [6.07, 6.45) is 52.0. The lowest BCUT2D eigenvalue weighted by molar-refractivity contribution is -0.150. The molecule has 0 fully saturated rings. The molecule has 0 bridgehead atoms. The first-order valence-electron chi connectivity index (χ1n) is 21.8. The normalized spacial score (nSPS) is 12.4. The van der Waals surface area contributed by atoms with E-state index >= 15 is 0 Å². The Bertz CT molecular complexity index is 742. The van der Waals surface area contributed by atoms with E-state index in [9.17, 15) is 9.59 Å². The van der Waals surface area contributed by atoms with E-state index in [1.807, 2.05) is 0 Å². The van der Waals surface area contributed by atoms with Crippen LogP contribution in [0.3, 0.4) is 0 Å². The lowest BCUT2D eigenvalue weighted by atomic mass is 10.0. The van der Waals surface area contributed by atoms with Crippen LogP contribution in [0.2, 0.25) is 0 Å². The van der Waals surface area contributed by atoms with Crippen LogP contribution in [0.1, 0.15) is 245 Å². The molecule has 0 aliphatic rings. The van der Waals surface area contributed by atoms with Gasteiger partial charge >= 0.3 is 11.9 Å². The minimum Gasteiger partial charge on any atom is -0.481 e. The predicted octanol–water partition coefficient (Wildman–Crippen LogP) is 15.2. The molecule has 0 amide bonds. The van der Waals surface area contributed by atoms with Gasteiger partial charge in [0.05, 0.1) is 0 Å². The first-order chi connectivity index (χ1) is 24.1. The van der Waals surface area contributed by atoms with E-state index in [4.69, 9.17) is 9.84 Å². The minimum atomic E-state index is -0.702. The van der Waals surface area contributed by atoms with Crippen LogP contribution in [0.5, 0.6) is 0 Å². The highest BCUT2D eigenvalue weighted by atomic mass is 16.5. The van der Waals surface area contributed by atoms with Crippen LogP contribution in [0.25, 0.3) is 0 Å². The summed E-state index contributed by atoms with van der Waals surface area (Å²) in [7, 11) is 0. The Balaban J connectivity index is 4.04. The molecule has 0 rings (SSSR count). The molecule has 0 saturated carbocycles. The monoisotopic (exact) mass is 689 g/mol. The molecule has 0 aliphatic carbocycles. The maximum absolute atomic E-state index is 12.7. The van der Waals surface area contributed by atoms with E-state index in [0.717, 1.165) is 77.0 Å². The Kier molecular flexibility index (Phi) is 39.5. The van der Waals surface area contributed by atoms with Gasteiger partial charge in [0.1, 0.15) is 6.10 Å². The number of carbonyl (C=O) groups is 2. The summed E-state index contributed by atoms with van der Waals surface area (Å²) in [5.74, 6) is -0.707. The van der Waals surface area contributed by atoms with Crippen molar-refractivity contribution in [1.29, 1.82) is 0 Å². The molecule has 0 heterocycles. The standard InChI is InChI=1S/C45H84O4/c1-3-5-7-9-11-13-15-17-19-21-23-25-27-29-34-38-42-45(48)49-43(40-36-32-30-33-37-41-44(46)47)39-35-31-28-26-24-22-20-18-16-14-12-10-8-6-4-2/h16,18,22,24,43H,3-15,17,19-21,23,25-42H2,1-2H3,(H,46,47)/b18-16-,24-22-. The summed E-state index contributed by atoms with van der Waals surface area (Å²) in [6.45, 7) is 4.55. The quantitative estimate of drug-likeness (QED) is 0.0395. The Morgan fingerprint density at radius 3 is 1.22 bits per heavy atom. The summed E-state index contributed by atoms with van der Waals surface area (Å²) < 4.78 is 6.01. The van der Waals surface area contributed by atoms with E-state index < -0.39 is 5.97 Å². The first kappa shape index (κ1) is 47.4. The van der Waals surface area contributed by atoms with Gasteiger partial charge in [-0.2, -0.15) is 0 Å². The zero-order valence-corrected chi connectivity index (χ0v) is 33.0. The average molecular weight is 689 g/mol. The number of carboxylic acids is 1. The number of aliphatic carboxylic acids is 1. The van der Waals surface area contributed by atoms with Gasteiger partial charge in [-0.25, -0.2) is 0 Å². The minimum absolute atomic E-state index is 0.00577. The third kappa shape index (κ3) is 40.7. The number of unbranched alkanes of at least 4 members (excludes halogenated alkanes) is 27. The molecule has 0 aromatic heterocycles. The van der Waals surface area contributed by atoms with Crippen molar-refractivity contribution in [2.75, 3.05) is 0 Å². The van der Waals surface area contributed by atoms with Crippen molar-refractivity contribution >= 4 is 11.9 Å². The van der Waals surface area contributed by atoms with Gasteiger partial charge < -0.3 is 9.84 Å². The molecule has 0 spiro atoms. The maximum Gasteiger partial charge on any atom is 0.306 e. The molecule has 1 unspecified atom stereocenters. The Hall–Kier alpha value is -1.58. The smallest absolute Gasteiger partial charge is 0.306 e. The van der Waals surface area contributed by atoms with Gasteiger partial charge in [-0.3, -0.25) is 9.59 Å². The molecule has 4 heteroatoms. The number of hydrogen-bond donors (Lipinski definition) is 1. The van der Waals surface area contributed by atoms with Crippen LogP contribution in [0.4, 0.5) is 0 Å². The summed E-state index contributed by atoms with van der Waals surface area (Å²) in [6, 6.07) is 0. The number of hydrogen-bond acceptors (Lipinski definition) is 3. The van der Waals surface area contributed by atoms with Gasteiger partial charge in [0.15, 0.2) is 0 Å². The topological polar surface area (TPSA) is 63.6 Å². The highest BCUT2D eigenvalue weighted by Crippen LogP contribution is 2.19. The fourth-order valence-corrected chi connectivity index (χ4v) is 6.69. The second kappa shape index (κ2) is 40.8. The van der Waals surface area contributed by atoms with E-state index in [1.54, 1.807) is 0 Å². The molecule has 288 valence electrons. The number of esters is 1. The van der Waals surface area contributed by atoms with Gasteiger partial charge in [-0.15, -0.1) is 0 Å².